The molecule has 18 heavy (non-hydrogen) atoms. The highest BCUT2D eigenvalue weighted by Crippen LogP contribution is 2.18. The summed E-state index contributed by atoms with van der Waals surface area (Å²) in [5.41, 5.74) is 2.04. The molecule has 2 aromatic rings. The van der Waals surface area contributed by atoms with Crippen molar-refractivity contribution in [1.82, 2.24) is 0 Å². The van der Waals surface area contributed by atoms with Crippen molar-refractivity contribution < 1.29 is 9.84 Å². The third-order valence-electron chi connectivity index (χ3n) is 2.55. The van der Waals surface area contributed by atoms with E-state index >= 15 is 0 Å². The van der Waals surface area contributed by atoms with Gasteiger partial charge in [-0.1, -0.05) is 18.2 Å². The molecule has 94 valence electrons. The van der Waals surface area contributed by atoms with Gasteiger partial charge in [-0.15, -0.1) is 0 Å². The van der Waals surface area contributed by atoms with Gasteiger partial charge in [0.15, 0.2) is 0 Å². The van der Waals surface area contributed by atoms with Crippen molar-refractivity contribution in [3.8, 4) is 11.5 Å². The van der Waals surface area contributed by atoms with Crippen molar-refractivity contribution in [3.05, 3.63) is 54.1 Å². The molecule has 0 unspecified atom stereocenters. The molecule has 2 rings (SSSR count). The molecule has 0 saturated carbocycles. The van der Waals surface area contributed by atoms with Crippen molar-refractivity contribution in [3.63, 3.8) is 0 Å². The van der Waals surface area contributed by atoms with Crippen molar-refractivity contribution in [2.24, 2.45) is 0 Å². The molecule has 3 heteroatoms. The summed E-state index contributed by atoms with van der Waals surface area (Å²) in [6.07, 6.45) is 0. The summed E-state index contributed by atoms with van der Waals surface area (Å²) in [5.74, 6) is 1.15. The maximum Gasteiger partial charge on any atom is 0.121 e. The summed E-state index contributed by atoms with van der Waals surface area (Å²) in [6, 6.07) is 15.1. The monoisotopic (exact) mass is 243 g/mol. The Morgan fingerprint density at radius 2 is 1.94 bits per heavy atom. The maximum absolute atomic E-state index is 9.38. The quantitative estimate of drug-likeness (QED) is 0.845. The number of nitrogens with one attached hydrogen (secondary N) is 1. The van der Waals surface area contributed by atoms with Gasteiger partial charge in [0.05, 0.1) is 6.61 Å². The Morgan fingerprint density at radius 3 is 2.72 bits per heavy atom. The van der Waals surface area contributed by atoms with Crippen LogP contribution in [0.3, 0.4) is 0 Å². The van der Waals surface area contributed by atoms with Gasteiger partial charge in [0.1, 0.15) is 11.5 Å². The lowest BCUT2D eigenvalue weighted by atomic mass is 10.2. The average molecular weight is 243 g/mol. The highest BCUT2D eigenvalue weighted by atomic mass is 16.5. The number of hydrogen-bond donors (Lipinski definition) is 2. The lowest BCUT2D eigenvalue weighted by Gasteiger charge is -2.09. The van der Waals surface area contributed by atoms with E-state index in [-0.39, 0.29) is 5.75 Å². The second kappa shape index (κ2) is 5.96. The molecule has 0 aromatic heterocycles. The highest BCUT2D eigenvalue weighted by molar-refractivity contribution is 5.48. The van der Waals surface area contributed by atoms with Crippen LogP contribution in [0.25, 0.3) is 0 Å². The lowest BCUT2D eigenvalue weighted by Crippen LogP contribution is -1.99. The van der Waals surface area contributed by atoms with Gasteiger partial charge in [-0.3, -0.25) is 0 Å². The van der Waals surface area contributed by atoms with Gasteiger partial charge in [0, 0.05) is 18.3 Å². The number of hydrogen-bond acceptors (Lipinski definition) is 3. The molecule has 0 fully saturated rings. The van der Waals surface area contributed by atoms with Crippen LogP contribution in [0.2, 0.25) is 0 Å². The first kappa shape index (κ1) is 12.3. The van der Waals surface area contributed by atoms with Crippen molar-refractivity contribution >= 4 is 5.69 Å². The zero-order valence-corrected chi connectivity index (χ0v) is 10.4. The Kier molecular flexibility index (Phi) is 4.07. The van der Waals surface area contributed by atoms with Crippen molar-refractivity contribution in [2.75, 3.05) is 11.9 Å². The fourth-order valence-electron chi connectivity index (χ4n) is 1.73. The van der Waals surface area contributed by atoms with E-state index in [0.29, 0.717) is 13.2 Å². The molecule has 0 aliphatic carbocycles. The maximum atomic E-state index is 9.38. The van der Waals surface area contributed by atoms with Crippen LogP contribution < -0.4 is 10.1 Å². The summed E-state index contributed by atoms with van der Waals surface area (Å²) in [6.45, 7) is 3.30. The first-order chi connectivity index (χ1) is 8.78. The predicted molar refractivity (Wildman–Crippen MR) is 73.0 cm³/mol. The van der Waals surface area contributed by atoms with Gasteiger partial charge in [-0.2, -0.15) is 0 Å². The molecule has 0 radical (unpaired) electrons. The van der Waals surface area contributed by atoms with Gasteiger partial charge in [0.2, 0.25) is 0 Å². The average Bonchev–Trinajstić information content (AvgIpc) is 2.37. The Labute approximate surface area is 107 Å². The summed E-state index contributed by atoms with van der Waals surface area (Å²) >= 11 is 0. The minimum atomic E-state index is 0.289. The van der Waals surface area contributed by atoms with Crippen LogP contribution in [-0.2, 0) is 6.54 Å². The Balaban J connectivity index is 1.99. The Bertz CT molecular complexity index is 511. The molecule has 0 saturated heterocycles. The largest absolute Gasteiger partial charge is 0.508 e. The number of aromatic hydroxyl groups is 1. The predicted octanol–water partition coefficient (Wildman–Crippen LogP) is 3.40. The van der Waals surface area contributed by atoms with Crippen molar-refractivity contribution in [2.45, 2.75) is 13.5 Å². The summed E-state index contributed by atoms with van der Waals surface area (Å²) in [5, 5.41) is 12.7. The fraction of sp³-hybridized carbons (Fsp3) is 0.200. The number of ether oxygens (including phenoxy) is 1. The van der Waals surface area contributed by atoms with Gasteiger partial charge in [-0.25, -0.2) is 0 Å². The van der Waals surface area contributed by atoms with Gasteiger partial charge in [-0.05, 0) is 36.8 Å². The zero-order chi connectivity index (χ0) is 12.8. The molecule has 0 spiro atoms. The van der Waals surface area contributed by atoms with Crippen LogP contribution in [0.1, 0.15) is 12.5 Å². The molecule has 0 bridgehead atoms. The first-order valence-corrected chi connectivity index (χ1v) is 6.02. The molecule has 3 nitrogen and oxygen atoms in total. The highest BCUT2D eigenvalue weighted by Gasteiger charge is 1.97. The van der Waals surface area contributed by atoms with Crippen LogP contribution in [0.5, 0.6) is 11.5 Å². The molecule has 0 aliphatic rings. The lowest BCUT2D eigenvalue weighted by molar-refractivity contribution is 0.340. The van der Waals surface area contributed by atoms with Gasteiger partial charge in [0.25, 0.3) is 0 Å². The van der Waals surface area contributed by atoms with Crippen LogP contribution in [0.4, 0.5) is 5.69 Å². The van der Waals surface area contributed by atoms with E-state index in [1.54, 1.807) is 12.1 Å². The second-order valence-electron chi connectivity index (χ2n) is 3.98. The number of rotatable bonds is 5. The molecule has 2 aromatic carbocycles. The summed E-state index contributed by atoms with van der Waals surface area (Å²) in [4.78, 5) is 0. The Morgan fingerprint density at radius 1 is 1.11 bits per heavy atom. The minimum absolute atomic E-state index is 0.289. The van der Waals surface area contributed by atoms with Crippen LogP contribution in [0.15, 0.2) is 48.5 Å². The van der Waals surface area contributed by atoms with E-state index in [0.717, 1.165) is 17.0 Å². The van der Waals surface area contributed by atoms with Gasteiger partial charge < -0.3 is 15.2 Å². The number of phenols is 1. The second-order valence-corrected chi connectivity index (χ2v) is 3.98. The third kappa shape index (κ3) is 3.42. The number of anilines is 1. The molecule has 0 aliphatic heterocycles. The van der Waals surface area contributed by atoms with E-state index in [9.17, 15) is 5.11 Å². The minimum Gasteiger partial charge on any atom is -0.508 e. The molecule has 0 heterocycles. The standard InChI is InChI=1S/C15H17NO2/c1-2-18-15-8-4-6-13(10-15)16-11-12-5-3-7-14(17)9-12/h3-10,16-17H,2,11H2,1H3. The number of benzene rings is 2. The normalized spacial score (nSPS) is 10.1. The van der Waals surface area contributed by atoms with Crippen LogP contribution >= 0.6 is 0 Å². The van der Waals surface area contributed by atoms with E-state index in [1.165, 1.54) is 0 Å². The summed E-state index contributed by atoms with van der Waals surface area (Å²) < 4.78 is 5.44. The van der Waals surface area contributed by atoms with Crippen LogP contribution in [-0.4, -0.2) is 11.7 Å². The molecular weight excluding hydrogens is 226 g/mol. The summed E-state index contributed by atoms with van der Waals surface area (Å²) in [7, 11) is 0. The van der Waals surface area contributed by atoms with Crippen LogP contribution in [0, 0.1) is 0 Å². The smallest absolute Gasteiger partial charge is 0.121 e. The zero-order valence-electron chi connectivity index (χ0n) is 10.4. The molecule has 0 atom stereocenters. The van der Waals surface area contributed by atoms with E-state index in [2.05, 4.69) is 5.32 Å². The molecule has 2 N–H and O–H groups in total. The van der Waals surface area contributed by atoms with E-state index < -0.39 is 0 Å². The number of phenolic OH excluding ortho intramolecular Hbond substituents is 1. The van der Waals surface area contributed by atoms with Gasteiger partial charge >= 0.3 is 0 Å². The molecule has 0 amide bonds. The SMILES string of the molecule is CCOc1cccc(NCc2cccc(O)c2)c1. The third-order valence-corrected chi connectivity index (χ3v) is 2.55. The first-order valence-electron chi connectivity index (χ1n) is 6.02. The topological polar surface area (TPSA) is 41.5 Å². The van der Waals surface area contributed by atoms with Crippen molar-refractivity contribution in [1.29, 1.82) is 0 Å². The molecular formula is C15H17NO2. The fourth-order valence-corrected chi connectivity index (χ4v) is 1.73. The Hall–Kier alpha value is -2.16. The van der Waals surface area contributed by atoms with E-state index in [1.807, 2.05) is 43.3 Å². The van der Waals surface area contributed by atoms with E-state index in [4.69, 9.17) is 4.74 Å².